The first-order valence-corrected chi connectivity index (χ1v) is 6.53. The minimum Gasteiger partial charge on any atom is -0.348 e. The van der Waals surface area contributed by atoms with Crippen molar-refractivity contribution in [2.24, 2.45) is 0 Å². The zero-order valence-electron chi connectivity index (χ0n) is 8.26. The fourth-order valence-corrected chi connectivity index (χ4v) is 3.56. The Hall–Kier alpha value is -0.550. The molecule has 2 aromatic rings. The molecule has 2 N–H and O–H groups in total. The summed E-state index contributed by atoms with van der Waals surface area (Å²) in [6, 6.07) is 1.97. The van der Waals surface area contributed by atoms with E-state index in [1.54, 1.807) is 6.33 Å². The monoisotopic (exact) mass is 273 g/mol. The highest BCUT2D eigenvalue weighted by Gasteiger charge is 2.26. The van der Waals surface area contributed by atoms with Gasteiger partial charge in [0.2, 0.25) is 0 Å². The Kier molecular flexibility index (Phi) is 2.67. The fourth-order valence-electron chi connectivity index (χ4n) is 2.03. The standard InChI is InChI=1S/C10H9Cl2N3S/c11-7-3-5(10(12)16-7)8-9-6(1-2-13-8)14-4-15-9/h3-4,8,13H,1-2H2,(H,14,15). The number of thiophene rings is 1. The van der Waals surface area contributed by atoms with Gasteiger partial charge in [-0.2, -0.15) is 0 Å². The third-order valence-electron chi connectivity index (χ3n) is 2.74. The number of imidazole rings is 1. The third-order valence-corrected chi connectivity index (χ3v) is 4.26. The molecule has 3 heterocycles. The van der Waals surface area contributed by atoms with Crippen LogP contribution >= 0.6 is 34.5 Å². The van der Waals surface area contributed by atoms with E-state index in [9.17, 15) is 0 Å². The summed E-state index contributed by atoms with van der Waals surface area (Å²) in [4.78, 5) is 7.51. The second-order valence-electron chi connectivity index (χ2n) is 3.68. The molecule has 3 rings (SSSR count). The minimum absolute atomic E-state index is 0.0613. The molecule has 6 heteroatoms. The Morgan fingerprint density at radius 3 is 3.06 bits per heavy atom. The zero-order valence-corrected chi connectivity index (χ0v) is 10.6. The first kappa shape index (κ1) is 10.6. The van der Waals surface area contributed by atoms with Crippen LogP contribution in [0.3, 0.4) is 0 Å². The molecule has 0 amide bonds. The molecule has 0 radical (unpaired) electrons. The van der Waals surface area contributed by atoms with E-state index in [4.69, 9.17) is 23.2 Å². The summed E-state index contributed by atoms with van der Waals surface area (Å²) >= 11 is 13.5. The zero-order chi connectivity index (χ0) is 11.1. The van der Waals surface area contributed by atoms with Gasteiger partial charge in [-0.25, -0.2) is 4.98 Å². The molecule has 0 saturated heterocycles. The molecule has 84 valence electrons. The molecule has 0 saturated carbocycles. The van der Waals surface area contributed by atoms with Crippen LogP contribution in [-0.2, 0) is 6.42 Å². The second-order valence-corrected chi connectivity index (χ2v) is 5.97. The van der Waals surface area contributed by atoms with E-state index >= 15 is 0 Å². The largest absolute Gasteiger partial charge is 0.348 e. The van der Waals surface area contributed by atoms with Crippen molar-refractivity contribution < 1.29 is 0 Å². The highest BCUT2D eigenvalue weighted by atomic mass is 35.5. The van der Waals surface area contributed by atoms with E-state index in [0.717, 1.165) is 28.6 Å². The number of halogens is 2. The molecule has 3 nitrogen and oxygen atoms in total. The normalized spacial score (nSPS) is 19.8. The Balaban J connectivity index is 2.07. The lowest BCUT2D eigenvalue weighted by molar-refractivity contribution is 0.555. The van der Waals surface area contributed by atoms with Gasteiger partial charge in [-0.3, -0.25) is 0 Å². The molecule has 0 aromatic carbocycles. The number of nitrogens with one attached hydrogen (secondary N) is 2. The summed E-state index contributed by atoms with van der Waals surface area (Å²) in [5.41, 5.74) is 3.23. The molecular formula is C10H9Cl2N3S. The number of aromatic nitrogens is 2. The number of hydrogen-bond donors (Lipinski definition) is 2. The van der Waals surface area contributed by atoms with E-state index < -0.39 is 0 Å². The van der Waals surface area contributed by atoms with E-state index in [1.807, 2.05) is 6.07 Å². The maximum Gasteiger partial charge on any atom is 0.0996 e. The SMILES string of the molecule is Clc1cc(C2NCCc3[nH]cnc32)c(Cl)s1. The summed E-state index contributed by atoms with van der Waals surface area (Å²) in [7, 11) is 0. The van der Waals surface area contributed by atoms with E-state index in [-0.39, 0.29) is 6.04 Å². The van der Waals surface area contributed by atoms with Gasteiger partial charge in [0, 0.05) is 24.2 Å². The van der Waals surface area contributed by atoms with Crippen molar-refractivity contribution in [1.82, 2.24) is 15.3 Å². The highest BCUT2D eigenvalue weighted by Crippen LogP contribution is 2.38. The van der Waals surface area contributed by atoms with Crippen molar-refractivity contribution in [3.63, 3.8) is 0 Å². The molecule has 0 bridgehead atoms. The van der Waals surface area contributed by atoms with Crippen LogP contribution in [0, 0.1) is 0 Å². The summed E-state index contributed by atoms with van der Waals surface area (Å²) < 4.78 is 1.45. The van der Waals surface area contributed by atoms with Crippen molar-refractivity contribution in [2.75, 3.05) is 6.54 Å². The summed E-state index contributed by atoms with van der Waals surface area (Å²) in [6.07, 6.45) is 2.70. The van der Waals surface area contributed by atoms with Crippen molar-refractivity contribution in [1.29, 1.82) is 0 Å². The Labute approximate surface area is 107 Å². The summed E-state index contributed by atoms with van der Waals surface area (Å²) in [5.74, 6) is 0. The number of nitrogens with zero attached hydrogens (tertiary/aromatic N) is 1. The number of fused-ring (bicyclic) bond motifs is 1. The average molecular weight is 274 g/mol. The van der Waals surface area contributed by atoms with Gasteiger partial charge in [-0.15, -0.1) is 11.3 Å². The van der Waals surface area contributed by atoms with Crippen molar-refractivity contribution >= 4 is 34.5 Å². The molecule has 0 spiro atoms. The molecule has 1 aliphatic heterocycles. The third kappa shape index (κ3) is 1.66. The number of rotatable bonds is 1. The van der Waals surface area contributed by atoms with Crippen LogP contribution in [-0.4, -0.2) is 16.5 Å². The van der Waals surface area contributed by atoms with Gasteiger partial charge >= 0.3 is 0 Å². The molecule has 1 unspecified atom stereocenters. The topological polar surface area (TPSA) is 40.7 Å². The molecule has 1 aliphatic rings. The minimum atomic E-state index is 0.0613. The van der Waals surface area contributed by atoms with E-state index in [0.29, 0.717) is 4.34 Å². The van der Waals surface area contributed by atoms with Gasteiger partial charge < -0.3 is 10.3 Å². The predicted molar refractivity (Wildman–Crippen MR) is 66.5 cm³/mol. The summed E-state index contributed by atoms with van der Waals surface area (Å²) in [5, 5.41) is 3.41. The lowest BCUT2D eigenvalue weighted by Gasteiger charge is -2.22. The van der Waals surface area contributed by atoms with Crippen LogP contribution in [0.15, 0.2) is 12.4 Å². The lowest BCUT2D eigenvalue weighted by Crippen LogP contribution is -2.30. The molecule has 2 aromatic heterocycles. The van der Waals surface area contributed by atoms with Crippen LogP contribution in [0.5, 0.6) is 0 Å². The second kappa shape index (κ2) is 4.04. The first-order chi connectivity index (χ1) is 7.75. The predicted octanol–water partition coefficient (Wildman–Crippen LogP) is 3.01. The van der Waals surface area contributed by atoms with Gasteiger partial charge in [0.05, 0.1) is 26.7 Å². The lowest BCUT2D eigenvalue weighted by atomic mass is 10.0. The van der Waals surface area contributed by atoms with E-state index in [1.165, 1.54) is 17.0 Å². The Bertz CT molecular complexity index is 520. The quantitative estimate of drug-likeness (QED) is 0.839. The Morgan fingerprint density at radius 2 is 2.31 bits per heavy atom. The fraction of sp³-hybridized carbons (Fsp3) is 0.300. The van der Waals surface area contributed by atoms with Crippen LogP contribution < -0.4 is 5.32 Å². The van der Waals surface area contributed by atoms with Gasteiger partial charge in [-0.05, 0) is 6.07 Å². The molecular weight excluding hydrogens is 265 g/mol. The maximum absolute atomic E-state index is 6.17. The van der Waals surface area contributed by atoms with Crippen molar-refractivity contribution in [3.05, 3.63) is 38.0 Å². The van der Waals surface area contributed by atoms with Gasteiger partial charge in [0.15, 0.2) is 0 Å². The van der Waals surface area contributed by atoms with Crippen molar-refractivity contribution in [3.8, 4) is 0 Å². The van der Waals surface area contributed by atoms with Crippen LogP contribution in [0.2, 0.25) is 8.67 Å². The molecule has 1 atom stereocenters. The Morgan fingerprint density at radius 1 is 1.44 bits per heavy atom. The summed E-state index contributed by atoms with van der Waals surface area (Å²) in [6.45, 7) is 0.920. The highest BCUT2D eigenvalue weighted by molar-refractivity contribution is 7.20. The van der Waals surface area contributed by atoms with Crippen molar-refractivity contribution in [2.45, 2.75) is 12.5 Å². The van der Waals surface area contributed by atoms with E-state index in [2.05, 4.69) is 15.3 Å². The number of H-pyrrole nitrogens is 1. The number of aromatic amines is 1. The molecule has 0 fully saturated rings. The molecule has 16 heavy (non-hydrogen) atoms. The number of hydrogen-bond acceptors (Lipinski definition) is 3. The van der Waals surface area contributed by atoms with Crippen LogP contribution in [0.25, 0.3) is 0 Å². The van der Waals surface area contributed by atoms with Gasteiger partial charge in [0.25, 0.3) is 0 Å². The maximum atomic E-state index is 6.17. The van der Waals surface area contributed by atoms with Crippen LogP contribution in [0.4, 0.5) is 0 Å². The first-order valence-electron chi connectivity index (χ1n) is 4.96. The smallest absolute Gasteiger partial charge is 0.0996 e. The van der Waals surface area contributed by atoms with Gasteiger partial charge in [0.1, 0.15) is 0 Å². The molecule has 0 aliphatic carbocycles. The van der Waals surface area contributed by atoms with Crippen LogP contribution in [0.1, 0.15) is 23.0 Å². The van der Waals surface area contributed by atoms with Gasteiger partial charge in [-0.1, -0.05) is 23.2 Å². The average Bonchev–Trinajstić information content (AvgIpc) is 2.84.